The lowest BCUT2D eigenvalue weighted by Gasteiger charge is -2.21. The molecule has 2 aromatic rings. The molecule has 6 nitrogen and oxygen atoms in total. The Balaban J connectivity index is 2.14. The van der Waals surface area contributed by atoms with E-state index in [-0.39, 0.29) is 22.9 Å². The van der Waals surface area contributed by atoms with Crippen molar-refractivity contribution in [1.82, 2.24) is 4.31 Å². The molecule has 0 saturated carbocycles. The van der Waals surface area contributed by atoms with Gasteiger partial charge in [-0.3, -0.25) is 4.79 Å². The van der Waals surface area contributed by atoms with Crippen LogP contribution in [0.2, 0.25) is 0 Å². The topological polar surface area (TPSA) is 83.1 Å². The van der Waals surface area contributed by atoms with Crippen molar-refractivity contribution in [2.45, 2.75) is 51.6 Å². The summed E-state index contributed by atoms with van der Waals surface area (Å²) in [5, 5.41) is 4.85. The van der Waals surface area contributed by atoms with E-state index in [1.54, 1.807) is 25.1 Å². The number of nitrogens with one attached hydrogen (secondary N) is 1. The highest BCUT2D eigenvalue weighted by Gasteiger charge is 2.25. The quantitative estimate of drug-likeness (QED) is 0.657. The summed E-state index contributed by atoms with van der Waals surface area (Å²) in [6.45, 7) is 10.1. The molecule has 3 N–H and O–H groups in total. The van der Waals surface area contributed by atoms with E-state index in [9.17, 15) is 13.2 Å². The zero-order valence-electron chi connectivity index (χ0n) is 17.8. The number of rotatable bonds is 9. The van der Waals surface area contributed by atoms with E-state index in [0.29, 0.717) is 24.3 Å². The number of hydrogen-bond donors (Lipinski definition) is 2. The van der Waals surface area contributed by atoms with Crippen LogP contribution in [0.1, 0.15) is 44.9 Å². The normalized spacial score (nSPS) is 13.9. The third kappa shape index (κ3) is 5.65. The highest BCUT2D eigenvalue weighted by molar-refractivity contribution is 7.89. The van der Waals surface area contributed by atoms with E-state index in [2.05, 4.69) is 12.2 Å². The lowest BCUT2D eigenvalue weighted by molar-refractivity contribution is -0.709. The lowest BCUT2D eigenvalue weighted by atomic mass is 10.1. The molecule has 0 unspecified atom stereocenters. The zero-order valence-corrected chi connectivity index (χ0v) is 18.7. The molecule has 2 aromatic carbocycles. The first kappa shape index (κ1) is 23.1. The van der Waals surface area contributed by atoms with Gasteiger partial charge in [0.2, 0.25) is 10.0 Å². The number of anilines is 1. The molecule has 0 radical (unpaired) electrons. The van der Waals surface area contributed by atoms with E-state index in [0.717, 1.165) is 5.56 Å². The summed E-state index contributed by atoms with van der Waals surface area (Å²) in [7, 11) is -3.59. The highest BCUT2D eigenvalue weighted by atomic mass is 32.2. The van der Waals surface area contributed by atoms with Crippen molar-refractivity contribution in [2.24, 2.45) is 0 Å². The van der Waals surface area contributed by atoms with Crippen molar-refractivity contribution in [3.63, 3.8) is 0 Å². The van der Waals surface area contributed by atoms with Crippen molar-refractivity contribution < 1.29 is 18.5 Å². The van der Waals surface area contributed by atoms with Crippen molar-refractivity contribution in [1.29, 1.82) is 0 Å². The maximum absolute atomic E-state index is 12.9. The van der Waals surface area contributed by atoms with Crippen LogP contribution in [0.3, 0.4) is 0 Å². The largest absolute Gasteiger partial charge is 0.330 e. The minimum Gasteiger partial charge on any atom is -0.330 e. The van der Waals surface area contributed by atoms with Gasteiger partial charge in [-0.25, -0.2) is 8.42 Å². The van der Waals surface area contributed by atoms with Gasteiger partial charge in [0.05, 0.1) is 4.90 Å². The Kier molecular flexibility index (Phi) is 7.96. The van der Waals surface area contributed by atoms with Gasteiger partial charge in [0.15, 0.2) is 6.04 Å². The Labute approximate surface area is 174 Å². The highest BCUT2D eigenvalue weighted by Crippen LogP contribution is 2.23. The summed E-state index contributed by atoms with van der Waals surface area (Å²) >= 11 is 0. The van der Waals surface area contributed by atoms with Crippen molar-refractivity contribution >= 4 is 21.6 Å². The molecule has 29 heavy (non-hydrogen) atoms. The van der Waals surface area contributed by atoms with Crippen LogP contribution in [0.15, 0.2) is 53.4 Å². The monoisotopic (exact) mass is 418 g/mol. The number of sulfonamides is 1. The van der Waals surface area contributed by atoms with E-state index < -0.39 is 10.0 Å². The Hall–Kier alpha value is -2.22. The summed E-state index contributed by atoms with van der Waals surface area (Å²) in [5.74, 6) is -0.164. The van der Waals surface area contributed by atoms with Crippen LogP contribution in [-0.4, -0.2) is 37.8 Å². The summed E-state index contributed by atoms with van der Waals surface area (Å²) in [6, 6.07) is 14.8. The zero-order chi connectivity index (χ0) is 21.6. The molecule has 2 atom stereocenters. The Morgan fingerprint density at radius 1 is 1.07 bits per heavy atom. The number of aryl methyl sites for hydroxylation is 1. The molecule has 158 valence electrons. The first-order valence-electron chi connectivity index (χ1n) is 10.0. The van der Waals surface area contributed by atoms with Crippen molar-refractivity contribution in [3.8, 4) is 0 Å². The molecule has 1 amide bonds. The van der Waals surface area contributed by atoms with Crippen LogP contribution in [0.25, 0.3) is 0 Å². The molecular weight excluding hydrogens is 386 g/mol. The van der Waals surface area contributed by atoms with Gasteiger partial charge in [-0.15, -0.1) is 0 Å². The van der Waals surface area contributed by atoms with Crippen LogP contribution < -0.4 is 10.6 Å². The predicted octanol–water partition coefficient (Wildman–Crippen LogP) is 2.68. The van der Waals surface area contributed by atoms with Crippen LogP contribution in [0.4, 0.5) is 5.69 Å². The second kappa shape index (κ2) is 10.0. The van der Waals surface area contributed by atoms with Crippen LogP contribution in [-0.2, 0) is 14.8 Å². The van der Waals surface area contributed by atoms with Gasteiger partial charge in [-0.1, -0.05) is 50.2 Å². The number of nitrogens with zero attached hydrogens (tertiary/aromatic N) is 1. The number of carbonyl (C=O) groups is 1. The molecule has 0 aliphatic rings. The van der Waals surface area contributed by atoms with E-state index >= 15 is 0 Å². The molecule has 0 bridgehead atoms. The first-order valence-corrected chi connectivity index (χ1v) is 11.5. The van der Waals surface area contributed by atoms with Crippen LogP contribution in [0, 0.1) is 6.92 Å². The summed E-state index contributed by atoms with van der Waals surface area (Å²) in [5.41, 5.74) is 2.29. The number of quaternary nitrogens is 1. The molecule has 7 heteroatoms. The molecule has 0 heterocycles. The van der Waals surface area contributed by atoms with Gasteiger partial charge < -0.3 is 10.6 Å². The first-order chi connectivity index (χ1) is 13.7. The molecule has 0 saturated heterocycles. The third-order valence-corrected chi connectivity index (χ3v) is 7.29. The second-order valence-corrected chi connectivity index (χ2v) is 9.15. The fourth-order valence-corrected chi connectivity index (χ4v) is 5.01. The summed E-state index contributed by atoms with van der Waals surface area (Å²) < 4.78 is 27.2. The van der Waals surface area contributed by atoms with Gasteiger partial charge in [0.1, 0.15) is 6.04 Å². The predicted molar refractivity (Wildman–Crippen MR) is 116 cm³/mol. The van der Waals surface area contributed by atoms with Crippen molar-refractivity contribution in [3.05, 3.63) is 59.7 Å². The van der Waals surface area contributed by atoms with E-state index in [1.165, 1.54) is 4.31 Å². The maximum Gasteiger partial charge on any atom is 0.282 e. The van der Waals surface area contributed by atoms with Crippen LogP contribution in [0.5, 0.6) is 0 Å². The fraction of sp³-hybridized carbons (Fsp3) is 0.409. The standard InChI is InChI=1S/C22H31N3O3S/c1-6-25(7-2)29(27,28)21-15-20(14-13-16(21)3)24-22(26)18(5)23-17(4)19-11-9-8-10-12-19/h8-15,17-18,23H,6-7H2,1-5H3,(H,24,26)/p+1/t17-,18+/m0/s1. The van der Waals surface area contributed by atoms with Gasteiger partial charge in [-0.2, -0.15) is 4.31 Å². The Morgan fingerprint density at radius 2 is 1.69 bits per heavy atom. The Morgan fingerprint density at radius 3 is 2.28 bits per heavy atom. The molecule has 2 rings (SSSR count). The number of hydrogen-bond acceptors (Lipinski definition) is 3. The number of amides is 1. The molecule has 0 aromatic heterocycles. The average Bonchev–Trinajstić information content (AvgIpc) is 2.70. The number of nitrogens with two attached hydrogens (primary N) is 1. The molecule has 0 aliphatic heterocycles. The smallest absolute Gasteiger partial charge is 0.282 e. The van der Waals surface area contributed by atoms with E-state index in [1.807, 2.05) is 56.4 Å². The Bertz CT molecular complexity index is 926. The van der Waals surface area contributed by atoms with E-state index in [4.69, 9.17) is 0 Å². The average molecular weight is 419 g/mol. The number of benzene rings is 2. The molecule has 0 aliphatic carbocycles. The van der Waals surface area contributed by atoms with Gasteiger partial charge in [0, 0.05) is 24.3 Å². The molecule has 0 spiro atoms. The maximum atomic E-state index is 12.9. The number of carbonyl (C=O) groups excluding carboxylic acids is 1. The van der Waals surface area contributed by atoms with Gasteiger partial charge >= 0.3 is 0 Å². The van der Waals surface area contributed by atoms with Crippen LogP contribution >= 0.6 is 0 Å². The molecule has 0 fully saturated rings. The minimum atomic E-state index is -3.59. The summed E-state index contributed by atoms with van der Waals surface area (Å²) in [6.07, 6.45) is 0. The van der Waals surface area contributed by atoms with Gasteiger partial charge in [0.25, 0.3) is 5.91 Å². The third-order valence-electron chi connectivity index (χ3n) is 5.10. The lowest BCUT2D eigenvalue weighted by Crippen LogP contribution is -2.91. The molecular formula is C22H32N3O3S+. The minimum absolute atomic E-state index is 0.133. The summed E-state index contributed by atoms with van der Waals surface area (Å²) in [4.78, 5) is 12.9. The van der Waals surface area contributed by atoms with Crippen molar-refractivity contribution in [2.75, 3.05) is 18.4 Å². The fourth-order valence-electron chi connectivity index (χ4n) is 3.30. The van der Waals surface area contributed by atoms with Gasteiger partial charge in [-0.05, 0) is 38.5 Å². The second-order valence-electron chi connectivity index (χ2n) is 7.24. The SMILES string of the molecule is CCN(CC)S(=O)(=O)c1cc(NC(=O)[C@@H](C)[NH2+][C@@H](C)c2ccccc2)ccc1C.